The number of anilines is 1. The fourth-order valence-electron chi connectivity index (χ4n) is 2.76. The second kappa shape index (κ2) is 6.28. The number of thiophene rings is 1. The number of piperidine rings is 1. The molecule has 0 aliphatic carbocycles. The second-order valence-corrected chi connectivity index (χ2v) is 7.64. The smallest absolute Gasteiger partial charge is 0.410 e. The number of rotatable bonds is 2. The minimum absolute atomic E-state index is 0.0170. The van der Waals surface area contributed by atoms with Crippen molar-refractivity contribution in [3.63, 3.8) is 0 Å². The van der Waals surface area contributed by atoms with E-state index in [1.807, 2.05) is 26.2 Å². The molecule has 1 aliphatic rings. The Bertz CT molecular complexity index is 566. The van der Waals surface area contributed by atoms with Crippen molar-refractivity contribution < 1.29 is 14.3 Å². The number of nitrogen functional groups attached to an aromatic ring is 1. The summed E-state index contributed by atoms with van der Waals surface area (Å²) in [5.41, 5.74) is 7.14. The minimum atomic E-state index is -0.475. The number of carbonyl (C=O) groups is 2. The third-order valence-corrected chi connectivity index (χ3v) is 4.62. The van der Waals surface area contributed by atoms with Gasteiger partial charge in [-0.05, 0) is 57.4 Å². The maximum Gasteiger partial charge on any atom is 0.410 e. The monoisotopic (exact) mass is 324 g/mol. The van der Waals surface area contributed by atoms with Crippen molar-refractivity contribution in [1.82, 2.24) is 4.90 Å². The van der Waals surface area contributed by atoms with Gasteiger partial charge in [-0.25, -0.2) is 4.79 Å². The van der Waals surface area contributed by atoms with Crippen LogP contribution in [0.25, 0.3) is 0 Å². The van der Waals surface area contributed by atoms with Crippen LogP contribution in [0.2, 0.25) is 0 Å². The summed E-state index contributed by atoms with van der Waals surface area (Å²) in [4.78, 5) is 25.6. The maximum atomic E-state index is 12.1. The highest BCUT2D eigenvalue weighted by Crippen LogP contribution is 2.36. The Balaban J connectivity index is 2.01. The zero-order chi connectivity index (χ0) is 16.5. The molecule has 0 aromatic carbocycles. The lowest BCUT2D eigenvalue weighted by molar-refractivity contribution is 0.0204. The fourth-order valence-corrected chi connectivity index (χ4v) is 3.71. The van der Waals surface area contributed by atoms with Gasteiger partial charge in [-0.1, -0.05) is 0 Å². The number of hydrogen-bond donors (Lipinski definition) is 1. The van der Waals surface area contributed by atoms with Gasteiger partial charge in [-0.3, -0.25) is 4.79 Å². The molecule has 2 heterocycles. The number of Topliss-reactive ketones (excluding diaryl/α,β-unsaturated/α-hetero) is 1. The van der Waals surface area contributed by atoms with Gasteiger partial charge in [0.2, 0.25) is 0 Å². The summed E-state index contributed by atoms with van der Waals surface area (Å²) in [6, 6.07) is 0. The van der Waals surface area contributed by atoms with Crippen molar-refractivity contribution in [1.29, 1.82) is 0 Å². The maximum absolute atomic E-state index is 12.1. The van der Waals surface area contributed by atoms with E-state index in [0.717, 1.165) is 18.4 Å². The molecule has 0 bridgehead atoms. The number of nitrogens with two attached hydrogens (primary N) is 1. The molecule has 0 atom stereocenters. The summed E-state index contributed by atoms with van der Waals surface area (Å²) in [5.74, 6) is 0.300. The van der Waals surface area contributed by atoms with Gasteiger partial charge in [-0.15, -0.1) is 11.3 Å². The first-order chi connectivity index (χ1) is 10.2. The van der Waals surface area contributed by atoms with Crippen LogP contribution in [0.3, 0.4) is 0 Å². The molecule has 1 saturated heterocycles. The van der Waals surface area contributed by atoms with E-state index in [4.69, 9.17) is 10.5 Å². The van der Waals surface area contributed by atoms with E-state index in [0.29, 0.717) is 23.7 Å². The van der Waals surface area contributed by atoms with E-state index >= 15 is 0 Å². The number of carbonyl (C=O) groups excluding carboxylic acids is 2. The van der Waals surface area contributed by atoms with E-state index in [2.05, 4.69) is 0 Å². The van der Waals surface area contributed by atoms with Crippen molar-refractivity contribution in [2.75, 3.05) is 18.8 Å². The van der Waals surface area contributed by atoms with Crippen molar-refractivity contribution in [2.24, 2.45) is 0 Å². The molecular weight excluding hydrogens is 300 g/mol. The number of ether oxygens (including phenoxy) is 1. The van der Waals surface area contributed by atoms with Gasteiger partial charge in [0.1, 0.15) is 5.60 Å². The highest BCUT2D eigenvalue weighted by Gasteiger charge is 2.29. The van der Waals surface area contributed by atoms with Gasteiger partial charge in [0.15, 0.2) is 5.78 Å². The Kier molecular flexibility index (Phi) is 4.80. The highest BCUT2D eigenvalue weighted by atomic mass is 32.1. The molecule has 2 rings (SSSR count). The molecule has 5 nitrogen and oxygen atoms in total. The topological polar surface area (TPSA) is 72.6 Å². The first-order valence-corrected chi connectivity index (χ1v) is 8.42. The summed E-state index contributed by atoms with van der Waals surface area (Å²) in [7, 11) is 0. The lowest BCUT2D eigenvalue weighted by atomic mass is 9.88. The van der Waals surface area contributed by atoms with Crippen LogP contribution in [0.1, 0.15) is 62.4 Å². The van der Waals surface area contributed by atoms with Gasteiger partial charge in [-0.2, -0.15) is 0 Å². The first-order valence-electron chi connectivity index (χ1n) is 7.54. The molecule has 0 unspecified atom stereocenters. The van der Waals surface area contributed by atoms with Crippen LogP contribution in [-0.2, 0) is 4.74 Å². The van der Waals surface area contributed by atoms with Crippen LogP contribution in [-0.4, -0.2) is 35.5 Å². The summed E-state index contributed by atoms with van der Waals surface area (Å²) in [5, 5.41) is 2.58. The minimum Gasteiger partial charge on any atom is -0.444 e. The molecule has 0 spiro atoms. The number of likely N-dealkylation sites (tertiary alicyclic amines) is 1. The van der Waals surface area contributed by atoms with Gasteiger partial charge >= 0.3 is 6.09 Å². The highest BCUT2D eigenvalue weighted by molar-refractivity contribution is 7.14. The van der Waals surface area contributed by atoms with Gasteiger partial charge in [0.25, 0.3) is 0 Å². The quantitative estimate of drug-likeness (QED) is 0.843. The van der Waals surface area contributed by atoms with Gasteiger partial charge < -0.3 is 15.4 Å². The number of amides is 1. The van der Waals surface area contributed by atoms with Crippen LogP contribution in [0, 0.1) is 0 Å². The van der Waals surface area contributed by atoms with E-state index in [1.165, 1.54) is 11.3 Å². The molecule has 122 valence electrons. The molecule has 1 aliphatic heterocycles. The summed E-state index contributed by atoms with van der Waals surface area (Å²) in [6.45, 7) is 8.44. The Morgan fingerprint density at radius 3 is 2.41 bits per heavy atom. The SMILES string of the molecule is CC(=O)c1c(C2CCN(C(=O)OC(C)(C)C)CC2)csc1N. The number of nitrogens with zero attached hydrogens (tertiary/aromatic N) is 1. The molecule has 1 fully saturated rings. The Hall–Kier alpha value is -1.56. The zero-order valence-corrected chi connectivity index (χ0v) is 14.5. The Labute approximate surface area is 135 Å². The Morgan fingerprint density at radius 1 is 1.32 bits per heavy atom. The van der Waals surface area contributed by atoms with Crippen LogP contribution in [0.4, 0.5) is 9.80 Å². The lowest BCUT2D eigenvalue weighted by Gasteiger charge is -2.33. The molecule has 0 saturated carbocycles. The first kappa shape index (κ1) is 16.8. The predicted molar refractivity (Wildman–Crippen MR) is 88.5 cm³/mol. The average Bonchev–Trinajstić information content (AvgIpc) is 2.79. The fraction of sp³-hybridized carbons (Fsp3) is 0.625. The summed E-state index contributed by atoms with van der Waals surface area (Å²) >= 11 is 1.42. The molecular formula is C16H24N2O3S. The molecule has 6 heteroatoms. The number of hydrogen-bond acceptors (Lipinski definition) is 5. The third-order valence-electron chi connectivity index (χ3n) is 3.79. The predicted octanol–water partition coefficient (Wildman–Crippen LogP) is 3.65. The number of ketones is 1. The largest absolute Gasteiger partial charge is 0.444 e. The van der Waals surface area contributed by atoms with Crippen molar-refractivity contribution in [3.8, 4) is 0 Å². The van der Waals surface area contributed by atoms with Crippen molar-refractivity contribution in [3.05, 3.63) is 16.5 Å². The second-order valence-electron chi connectivity index (χ2n) is 6.73. The zero-order valence-electron chi connectivity index (χ0n) is 13.6. The van der Waals surface area contributed by atoms with Crippen LogP contribution >= 0.6 is 11.3 Å². The van der Waals surface area contributed by atoms with Gasteiger partial charge in [0.05, 0.1) is 10.6 Å². The standard InChI is InChI=1S/C16H24N2O3S/c1-10(19)13-12(9-22-14(13)17)11-5-7-18(8-6-11)15(20)21-16(2,3)4/h9,11H,5-8,17H2,1-4H3. The summed E-state index contributed by atoms with van der Waals surface area (Å²) in [6.07, 6.45) is 1.40. The van der Waals surface area contributed by atoms with E-state index in [-0.39, 0.29) is 17.8 Å². The van der Waals surface area contributed by atoms with Crippen molar-refractivity contribution >= 4 is 28.2 Å². The average molecular weight is 324 g/mol. The molecule has 0 radical (unpaired) electrons. The Morgan fingerprint density at radius 2 is 1.91 bits per heavy atom. The lowest BCUT2D eigenvalue weighted by Crippen LogP contribution is -2.41. The molecule has 22 heavy (non-hydrogen) atoms. The van der Waals surface area contributed by atoms with Crippen LogP contribution < -0.4 is 5.73 Å². The molecule has 1 aromatic rings. The molecule has 1 aromatic heterocycles. The third kappa shape index (κ3) is 3.80. The van der Waals surface area contributed by atoms with Crippen LogP contribution in [0.15, 0.2) is 5.38 Å². The van der Waals surface area contributed by atoms with Crippen LogP contribution in [0.5, 0.6) is 0 Å². The van der Waals surface area contributed by atoms with E-state index in [1.54, 1.807) is 11.8 Å². The molecule has 2 N–H and O–H groups in total. The van der Waals surface area contributed by atoms with E-state index in [9.17, 15) is 9.59 Å². The van der Waals surface area contributed by atoms with E-state index < -0.39 is 5.60 Å². The molecule has 1 amide bonds. The van der Waals surface area contributed by atoms with Crippen molar-refractivity contribution in [2.45, 2.75) is 52.1 Å². The normalized spacial score (nSPS) is 16.6. The van der Waals surface area contributed by atoms with Gasteiger partial charge in [0, 0.05) is 13.1 Å². The summed E-state index contributed by atoms with van der Waals surface area (Å²) < 4.78 is 5.40.